The van der Waals surface area contributed by atoms with Crippen molar-refractivity contribution in [3.63, 3.8) is 0 Å². The first kappa shape index (κ1) is 12.1. The van der Waals surface area contributed by atoms with Crippen molar-refractivity contribution < 1.29 is 0 Å². The van der Waals surface area contributed by atoms with E-state index >= 15 is 0 Å². The van der Waals surface area contributed by atoms with Crippen molar-refractivity contribution >= 4 is 11.8 Å². The molecule has 17 heavy (non-hydrogen) atoms. The summed E-state index contributed by atoms with van der Waals surface area (Å²) < 4.78 is 2.16. The van der Waals surface area contributed by atoms with E-state index in [1.807, 2.05) is 31.3 Å². The zero-order chi connectivity index (χ0) is 12.1. The average molecular weight is 248 g/mol. The van der Waals surface area contributed by atoms with E-state index in [0.717, 1.165) is 35.4 Å². The summed E-state index contributed by atoms with van der Waals surface area (Å²) in [6.07, 6.45) is 2.91. The molecule has 0 aliphatic heterocycles. The van der Waals surface area contributed by atoms with E-state index in [1.54, 1.807) is 11.8 Å². The molecule has 0 saturated heterocycles. The van der Waals surface area contributed by atoms with Crippen LogP contribution in [-0.4, -0.2) is 19.7 Å². The first-order valence-corrected chi connectivity index (χ1v) is 6.72. The van der Waals surface area contributed by atoms with Crippen LogP contribution >= 0.6 is 11.8 Å². The molecule has 2 aromatic heterocycles. The van der Waals surface area contributed by atoms with Gasteiger partial charge in [0.1, 0.15) is 5.82 Å². The van der Waals surface area contributed by atoms with Crippen LogP contribution in [0.3, 0.4) is 0 Å². The molecule has 0 aliphatic carbocycles. The van der Waals surface area contributed by atoms with E-state index in [2.05, 4.69) is 26.7 Å². The lowest BCUT2D eigenvalue weighted by atomic mass is 10.4. The highest BCUT2D eigenvalue weighted by atomic mass is 32.2. The molecule has 0 aliphatic rings. The zero-order valence-corrected chi connectivity index (χ0v) is 10.9. The van der Waals surface area contributed by atoms with Crippen LogP contribution in [0.2, 0.25) is 0 Å². The van der Waals surface area contributed by atoms with E-state index < -0.39 is 0 Å². The molecule has 0 fully saturated rings. The second-order valence-corrected chi connectivity index (χ2v) is 4.73. The Morgan fingerprint density at radius 2 is 2.18 bits per heavy atom. The smallest absolute Gasteiger partial charge is 0.191 e. The number of pyridine rings is 1. The third kappa shape index (κ3) is 3.06. The fraction of sp³-hybridized carbons (Fsp3) is 0.417. The van der Waals surface area contributed by atoms with E-state index in [1.165, 1.54) is 0 Å². The minimum atomic E-state index is 0.836. The van der Waals surface area contributed by atoms with Crippen LogP contribution in [-0.2, 0) is 12.3 Å². The second kappa shape index (κ2) is 5.82. The predicted molar refractivity (Wildman–Crippen MR) is 68.8 cm³/mol. The second-order valence-electron chi connectivity index (χ2n) is 3.79. The highest BCUT2D eigenvalue weighted by Crippen LogP contribution is 2.20. The first-order valence-electron chi connectivity index (χ1n) is 5.73. The number of rotatable bonds is 5. The van der Waals surface area contributed by atoms with Gasteiger partial charge in [-0.2, -0.15) is 0 Å². The molecule has 0 N–H and O–H groups in total. The van der Waals surface area contributed by atoms with Crippen LogP contribution in [0.4, 0.5) is 0 Å². The number of hydrogen-bond acceptors (Lipinski definition) is 4. The van der Waals surface area contributed by atoms with E-state index in [0.29, 0.717) is 0 Å². The molecular weight excluding hydrogens is 232 g/mol. The fourth-order valence-corrected chi connectivity index (χ4v) is 2.50. The van der Waals surface area contributed by atoms with Gasteiger partial charge in [0.2, 0.25) is 0 Å². The summed E-state index contributed by atoms with van der Waals surface area (Å²) in [6, 6.07) is 5.96. The maximum absolute atomic E-state index is 4.30. The van der Waals surface area contributed by atoms with Gasteiger partial charge in [-0.3, -0.25) is 4.98 Å². The summed E-state index contributed by atoms with van der Waals surface area (Å²) in [5.74, 6) is 1.82. The third-order valence-corrected chi connectivity index (χ3v) is 3.42. The largest absolute Gasteiger partial charge is 0.306 e. The van der Waals surface area contributed by atoms with Crippen molar-refractivity contribution in [1.29, 1.82) is 0 Å². The summed E-state index contributed by atoms with van der Waals surface area (Å²) >= 11 is 1.69. The predicted octanol–water partition coefficient (Wildman–Crippen LogP) is 2.68. The first-order chi connectivity index (χ1) is 8.31. The molecule has 0 spiro atoms. The summed E-state index contributed by atoms with van der Waals surface area (Å²) in [5.41, 5.74) is 1.07. The summed E-state index contributed by atoms with van der Waals surface area (Å²) in [6.45, 7) is 5.13. The Bertz CT molecular complexity index is 467. The normalized spacial score (nSPS) is 10.7. The molecule has 0 bridgehead atoms. The molecule has 2 heterocycles. The van der Waals surface area contributed by atoms with Gasteiger partial charge in [0.05, 0.1) is 5.69 Å². The Hall–Kier alpha value is -1.36. The number of hydrogen-bond donors (Lipinski definition) is 0. The van der Waals surface area contributed by atoms with Crippen LogP contribution in [0.1, 0.15) is 24.9 Å². The van der Waals surface area contributed by atoms with E-state index in [4.69, 9.17) is 0 Å². The molecule has 5 heteroatoms. The maximum atomic E-state index is 4.30. The molecular formula is C12H16N4S. The number of aromatic nitrogens is 4. The van der Waals surface area contributed by atoms with E-state index in [-0.39, 0.29) is 0 Å². The Morgan fingerprint density at radius 1 is 1.29 bits per heavy atom. The summed E-state index contributed by atoms with van der Waals surface area (Å²) in [7, 11) is 0. The van der Waals surface area contributed by atoms with Crippen molar-refractivity contribution in [1.82, 2.24) is 19.7 Å². The van der Waals surface area contributed by atoms with Crippen molar-refractivity contribution in [2.45, 2.75) is 37.7 Å². The van der Waals surface area contributed by atoms with Crippen LogP contribution in [0.15, 0.2) is 29.6 Å². The molecule has 2 aromatic rings. The van der Waals surface area contributed by atoms with Gasteiger partial charge in [-0.05, 0) is 25.5 Å². The SMILES string of the molecule is CCCn1c(C)nnc1SCc1ccccn1. The topological polar surface area (TPSA) is 43.6 Å². The van der Waals surface area contributed by atoms with Gasteiger partial charge in [0.25, 0.3) is 0 Å². The summed E-state index contributed by atoms with van der Waals surface area (Å²) in [5, 5.41) is 9.30. The van der Waals surface area contributed by atoms with Gasteiger partial charge in [0, 0.05) is 18.5 Å². The quantitative estimate of drug-likeness (QED) is 0.763. The monoisotopic (exact) mass is 248 g/mol. The fourth-order valence-electron chi connectivity index (χ4n) is 1.57. The lowest BCUT2D eigenvalue weighted by Crippen LogP contribution is -2.01. The van der Waals surface area contributed by atoms with E-state index in [9.17, 15) is 0 Å². The Balaban J connectivity index is 2.04. The standard InChI is InChI=1S/C12H16N4S/c1-3-8-16-10(2)14-15-12(16)17-9-11-6-4-5-7-13-11/h4-7H,3,8-9H2,1-2H3. The summed E-state index contributed by atoms with van der Waals surface area (Å²) in [4.78, 5) is 4.30. The molecule has 4 nitrogen and oxygen atoms in total. The van der Waals surface area contributed by atoms with Crippen LogP contribution in [0.25, 0.3) is 0 Å². The Kier molecular flexibility index (Phi) is 4.14. The molecule has 0 aromatic carbocycles. The van der Waals surface area contributed by atoms with Gasteiger partial charge in [-0.1, -0.05) is 24.8 Å². The molecule has 0 atom stereocenters. The minimum absolute atomic E-state index is 0.836. The molecule has 0 radical (unpaired) electrons. The van der Waals surface area contributed by atoms with Crippen molar-refractivity contribution in [3.8, 4) is 0 Å². The number of thioether (sulfide) groups is 1. The Morgan fingerprint density at radius 3 is 2.88 bits per heavy atom. The van der Waals surface area contributed by atoms with Crippen molar-refractivity contribution in [2.75, 3.05) is 0 Å². The highest BCUT2D eigenvalue weighted by molar-refractivity contribution is 7.98. The average Bonchev–Trinajstić information content (AvgIpc) is 2.70. The Labute approximate surface area is 105 Å². The van der Waals surface area contributed by atoms with Crippen molar-refractivity contribution in [2.24, 2.45) is 0 Å². The van der Waals surface area contributed by atoms with Crippen LogP contribution < -0.4 is 0 Å². The lowest BCUT2D eigenvalue weighted by molar-refractivity contribution is 0.605. The van der Waals surface area contributed by atoms with Gasteiger partial charge in [0.15, 0.2) is 5.16 Å². The molecule has 0 saturated carbocycles. The van der Waals surface area contributed by atoms with Gasteiger partial charge < -0.3 is 4.57 Å². The third-order valence-electron chi connectivity index (χ3n) is 2.42. The van der Waals surface area contributed by atoms with Crippen LogP contribution in [0, 0.1) is 6.92 Å². The lowest BCUT2D eigenvalue weighted by Gasteiger charge is -2.05. The number of aryl methyl sites for hydroxylation is 1. The molecule has 0 unspecified atom stereocenters. The van der Waals surface area contributed by atoms with Crippen molar-refractivity contribution in [3.05, 3.63) is 35.9 Å². The molecule has 0 amide bonds. The highest BCUT2D eigenvalue weighted by Gasteiger charge is 2.08. The maximum Gasteiger partial charge on any atom is 0.191 e. The van der Waals surface area contributed by atoms with Gasteiger partial charge in [-0.25, -0.2) is 0 Å². The van der Waals surface area contributed by atoms with Crippen LogP contribution in [0.5, 0.6) is 0 Å². The minimum Gasteiger partial charge on any atom is -0.306 e. The molecule has 90 valence electrons. The zero-order valence-electron chi connectivity index (χ0n) is 10.1. The van der Waals surface area contributed by atoms with Gasteiger partial charge >= 0.3 is 0 Å². The molecule has 2 rings (SSSR count). The van der Waals surface area contributed by atoms with Gasteiger partial charge in [-0.15, -0.1) is 10.2 Å². The number of nitrogens with zero attached hydrogens (tertiary/aromatic N) is 4.